The summed E-state index contributed by atoms with van der Waals surface area (Å²) in [5.74, 6) is 0.560. The van der Waals surface area contributed by atoms with Gasteiger partial charge in [-0.25, -0.2) is 14.4 Å². The Hall–Kier alpha value is -4.25. The predicted molar refractivity (Wildman–Crippen MR) is 143 cm³/mol. The number of anilines is 2. The van der Waals surface area contributed by atoms with Gasteiger partial charge in [-0.3, -0.25) is 9.48 Å². The van der Waals surface area contributed by atoms with Gasteiger partial charge in [0.1, 0.15) is 18.0 Å². The molecule has 0 spiro atoms. The van der Waals surface area contributed by atoms with Crippen LogP contribution >= 0.6 is 0 Å². The number of carbonyl (C=O) groups excluding carboxylic acids is 1. The fourth-order valence-electron chi connectivity index (χ4n) is 4.25. The number of ether oxygens (including phenoxy) is 2. The second-order valence-corrected chi connectivity index (χ2v) is 8.94. The lowest BCUT2D eigenvalue weighted by Crippen LogP contribution is -2.27. The van der Waals surface area contributed by atoms with Crippen LogP contribution in [0.2, 0.25) is 0 Å². The maximum Gasteiger partial charge on any atom is 0.246 e. The summed E-state index contributed by atoms with van der Waals surface area (Å²) in [6.45, 7) is 4.72. The molecule has 0 aliphatic carbocycles. The number of aromatic nitrogens is 4. The molecule has 3 N–H and O–H groups in total. The van der Waals surface area contributed by atoms with E-state index in [4.69, 9.17) is 15.2 Å². The Morgan fingerprint density at radius 3 is 2.79 bits per heavy atom. The van der Waals surface area contributed by atoms with E-state index < -0.39 is 17.8 Å². The van der Waals surface area contributed by atoms with Gasteiger partial charge in [-0.15, -0.1) is 0 Å². The van der Waals surface area contributed by atoms with Crippen LogP contribution in [0.5, 0.6) is 11.5 Å². The average molecular weight is 522 g/mol. The Balaban J connectivity index is 1.53. The fraction of sp³-hybridized carbons (Fsp3) is 0.333. The highest BCUT2D eigenvalue weighted by molar-refractivity contribution is 5.93. The number of nitrogens with one attached hydrogen (secondary N) is 1. The zero-order valence-corrected chi connectivity index (χ0v) is 21.7. The molecule has 4 rings (SSSR count). The summed E-state index contributed by atoms with van der Waals surface area (Å²) in [5.41, 5.74) is 7.24. The lowest BCUT2D eigenvalue weighted by molar-refractivity contribution is -0.120. The fourth-order valence-corrected chi connectivity index (χ4v) is 4.25. The summed E-state index contributed by atoms with van der Waals surface area (Å²) in [6, 6.07) is 8.39. The van der Waals surface area contributed by atoms with E-state index >= 15 is 0 Å². The summed E-state index contributed by atoms with van der Waals surface area (Å²) in [6.07, 6.45) is 6.60. The van der Waals surface area contributed by atoms with Gasteiger partial charge in [0.25, 0.3) is 0 Å². The molecule has 10 nitrogen and oxygen atoms in total. The molecule has 200 valence electrons. The molecule has 2 heterocycles. The highest BCUT2D eigenvalue weighted by atomic mass is 19.1. The number of nitrogens with two attached hydrogens (primary N) is 1. The van der Waals surface area contributed by atoms with Gasteiger partial charge < -0.3 is 25.4 Å². The van der Waals surface area contributed by atoms with Crippen molar-refractivity contribution in [1.82, 2.24) is 24.6 Å². The molecular formula is C27H32FN7O3. The van der Waals surface area contributed by atoms with Crippen LogP contribution in [0.25, 0.3) is 10.9 Å². The number of benzene rings is 2. The largest absolute Gasteiger partial charge is 0.493 e. The highest BCUT2D eigenvalue weighted by Crippen LogP contribution is 2.35. The van der Waals surface area contributed by atoms with Gasteiger partial charge in [-0.1, -0.05) is 19.1 Å². The molecule has 0 bridgehead atoms. The molecule has 0 aliphatic heterocycles. The quantitative estimate of drug-likeness (QED) is 0.254. The van der Waals surface area contributed by atoms with E-state index in [1.165, 1.54) is 35.4 Å². The number of primary amides is 1. The van der Waals surface area contributed by atoms with Crippen molar-refractivity contribution in [1.29, 1.82) is 0 Å². The second-order valence-electron chi connectivity index (χ2n) is 8.94. The number of nitrogens with zero attached hydrogens (tertiary/aromatic N) is 5. The summed E-state index contributed by atoms with van der Waals surface area (Å²) in [5, 5.41) is 8.19. The molecule has 11 heteroatoms. The molecule has 2 aromatic carbocycles. The number of amides is 1. The SMILES string of the molecule is CCCN(C)CCCOc1cc2ncnc(Nc3cnn(C(C(N)=O)c4cccc(F)c4)c3)c2cc1OC. The Kier molecular flexibility index (Phi) is 8.70. The maximum absolute atomic E-state index is 13.8. The Morgan fingerprint density at radius 2 is 2.05 bits per heavy atom. The molecule has 38 heavy (non-hydrogen) atoms. The van der Waals surface area contributed by atoms with E-state index in [1.54, 1.807) is 19.4 Å². The molecule has 1 unspecified atom stereocenters. The molecule has 1 amide bonds. The first kappa shape index (κ1) is 26.8. The number of fused-ring (bicyclic) bond motifs is 1. The van der Waals surface area contributed by atoms with Crippen LogP contribution in [-0.2, 0) is 4.79 Å². The number of rotatable bonds is 13. The molecular weight excluding hydrogens is 489 g/mol. The van der Waals surface area contributed by atoms with Crippen molar-refractivity contribution < 1.29 is 18.7 Å². The van der Waals surface area contributed by atoms with E-state index in [2.05, 4.69) is 39.3 Å². The lowest BCUT2D eigenvalue weighted by Gasteiger charge is -2.16. The molecule has 2 aromatic heterocycles. The average Bonchev–Trinajstić information content (AvgIpc) is 3.34. The Bertz CT molecular complexity index is 1390. The number of carbonyl (C=O) groups is 1. The molecule has 0 radical (unpaired) electrons. The lowest BCUT2D eigenvalue weighted by atomic mass is 10.1. The van der Waals surface area contributed by atoms with Crippen LogP contribution in [0.15, 0.2) is 55.1 Å². The smallest absolute Gasteiger partial charge is 0.246 e. The topological polar surface area (TPSA) is 120 Å². The normalized spacial score (nSPS) is 12.0. The predicted octanol–water partition coefficient (Wildman–Crippen LogP) is 3.90. The Morgan fingerprint density at radius 1 is 1.21 bits per heavy atom. The van der Waals surface area contributed by atoms with Crippen molar-refractivity contribution in [2.75, 3.05) is 39.2 Å². The minimum Gasteiger partial charge on any atom is -0.493 e. The molecule has 0 saturated carbocycles. The first-order chi connectivity index (χ1) is 18.4. The monoisotopic (exact) mass is 521 g/mol. The van der Waals surface area contributed by atoms with Crippen molar-refractivity contribution in [3.63, 3.8) is 0 Å². The van der Waals surface area contributed by atoms with E-state index in [0.717, 1.165) is 25.9 Å². The third-order valence-corrected chi connectivity index (χ3v) is 6.03. The van der Waals surface area contributed by atoms with Crippen molar-refractivity contribution >= 4 is 28.3 Å². The van der Waals surface area contributed by atoms with Crippen LogP contribution in [0.4, 0.5) is 15.9 Å². The van der Waals surface area contributed by atoms with Crippen LogP contribution in [0, 0.1) is 5.82 Å². The minimum atomic E-state index is -0.968. The first-order valence-electron chi connectivity index (χ1n) is 12.4. The van der Waals surface area contributed by atoms with Crippen molar-refractivity contribution in [2.24, 2.45) is 5.73 Å². The van der Waals surface area contributed by atoms with Gasteiger partial charge in [-0.05, 0) is 50.2 Å². The Labute approximate surface area is 220 Å². The number of hydrogen-bond acceptors (Lipinski definition) is 8. The minimum absolute atomic E-state index is 0.397. The van der Waals surface area contributed by atoms with Crippen LogP contribution in [0.3, 0.4) is 0 Å². The summed E-state index contributed by atoms with van der Waals surface area (Å²) < 4.78 is 26.7. The van der Waals surface area contributed by atoms with E-state index in [1.807, 2.05) is 12.1 Å². The first-order valence-corrected chi connectivity index (χ1v) is 12.4. The van der Waals surface area contributed by atoms with Gasteiger partial charge in [0.2, 0.25) is 5.91 Å². The molecule has 0 saturated heterocycles. The highest BCUT2D eigenvalue weighted by Gasteiger charge is 2.22. The van der Waals surface area contributed by atoms with Gasteiger partial charge in [-0.2, -0.15) is 5.10 Å². The second kappa shape index (κ2) is 12.3. The summed E-state index contributed by atoms with van der Waals surface area (Å²) >= 11 is 0. The van der Waals surface area contributed by atoms with Gasteiger partial charge in [0.15, 0.2) is 17.5 Å². The molecule has 4 aromatic rings. The maximum atomic E-state index is 13.8. The van der Waals surface area contributed by atoms with Gasteiger partial charge in [0.05, 0.1) is 31.1 Å². The number of hydrogen-bond donors (Lipinski definition) is 2. The van der Waals surface area contributed by atoms with Crippen LogP contribution < -0.4 is 20.5 Å². The number of halogens is 1. The number of methoxy groups -OCH3 is 1. The third-order valence-electron chi connectivity index (χ3n) is 6.03. The van der Waals surface area contributed by atoms with E-state index in [0.29, 0.717) is 46.1 Å². The molecule has 0 aliphatic rings. The molecule has 0 fully saturated rings. The summed E-state index contributed by atoms with van der Waals surface area (Å²) in [7, 11) is 3.69. The third kappa shape index (κ3) is 6.35. The standard InChI is InChI=1S/C27H32FN7O3/c1-4-9-34(2)10-6-11-38-24-14-22-21(13-23(24)37-3)27(31-17-30-22)33-20-15-32-35(16-20)25(26(29)36)18-7-5-8-19(28)12-18/h5,7-8,12-17,25H,4,6,9-11H2,1-3H3,(H2,29,36)(H,30,31,33). The van der Waals surface area contributed by atoms with Gasteiger partial charge in [0, 0.05) is 24.2 Å². The van der Waals surface area contributed by atoms with Crippen molar-refractivity contribution in [3.8, 4) is 11.5 Å². The summed E-state index contributed by atoms with van der Waals surface area (Å²) in [4.78, 5) is 23.2. The molecule has 1 atom stereocenters. The van der Waals surface area contributed by atoms with E-state index in [-0.39, 0.29) is 0 Å². The zero-order chi connectivity index (χ0) is 27.1. The van der Waals surface area contributed by atoms with Crippen molar-refractivity contribution in [3.05, 3.63) is 66.5 Å². The van der Waals surface area contributed by atoms with Crippen molar-refractivity contribution in [2.45, 2.75) is 25.8 Å². The van der Waals surface area contributed by atoms with Crippen LogP contribution in [0.1, 0.15) is 31.4 Å². The van der Waals surface area contributed by atoms with E-state index in [9.17, 15) is 9.18 Å². The van der Waals surface area contributed by atoms with Gasteiger partial charge >= 0.3 is 0 Å². The van der Waals surface area contributed by atoms with Crippen LogP contribution in [-0.4, -0.2) is 64.4 Å². The zero-order valence-electron chi connectivity index (χ0n) is 21.7.